The number of benzene rings is 2. The number of carboxylic acid groups (broad SMARTS) is 2. The Hall–Kier alpha value is -3.34. The van der Waals surface area contributed by atoms with E-state index in [2.05, 4.69) is 10.6 Å². The average Bonchev–Trinajstić information content (AvgIpc) is 3.25. The Morgan fingerprint density at radius 1 is 1.06 bits per heavy atom. The maximum absolute atomic E-state index is 12.5. The highest BCUT2D eigenvalue weighted by molar-refractivity contribution is 6.40. The number of nitrogens with one attached hydrogen (secondary N) is 2. The molecule has 2 atom stereocenters. The van der Waals surface area contributed by atoms with Gasteiger partial charge < -0.3 is 25.6 Å². The lowest BCUT2D eigenvalue weighted by atomic mass is 10.0. The predicted octanol–water partition coefficient (Wildman–Crippen LogP) is 2.69. The van der Waals surface area contributed by atoms with Crippen molar-refractivity contribution in [3.63, 3.8) is 0 Å². The number of amides is 3. The van der Waals surface area contributed by atoms with Gasteiger partial charge in [-0.05, 0) is 29.8 Å². The number of hydrogen-bond donors (Lipinski definition) is 4. The fourth-order valence-electron chi connectivity index (χ4n) is 3.18. The van der Waals surface area contributed by atoms with Crippen molar-refractivity contribution in [1.82, 2.24) is 10.2 Å². The first-order valence-corrected chi connectivity index (χ1v) is 10.4. The number of ether oxygens (including phenoxy) is 1. The molecule has 3 amide bonds. The second-order valence-electron chi connectivity index (χ2n) is 7.12. The molecule has 0 saturated carbocycles. The number of carboxylic acids is 1. The summed E-state index contributed by atoms with van der Waals surface area (Å²) in [5.74, 6) is -2.55. The fraction of sp³-hybridized carbons (Fsp3) is 0.238. The van der Waals surface area contributed by atoms with Crippen LogP contribution in [0.1, 0.15) is 15.9 Å². The molecule has 4 N–H and O–H groups in total. The van der Waals surface area contributed by atoms with E-state index >= 15 is 0 Å². The van der Waals surface area contributed by atoms with Gasteiger partial charge in [0.1, 0.15) is 18.8 Å². The van der Waals surface area contributed by atoms with Crippen molar-refractivity contribution in [2.75, 3.05) is 18.7 Å². The number of carbonyl (C=O) groups is 4. The van der Waals surface area contributed by atoms with E-state index in [4.69, 9.17) is 33.0 Å². The highest BCUT2D eigenvalue weighted by atomic mass is 35.5. The van der Waals surface area contributed by atoms with Crippen LogP contribution in [0.5, 0.6) is 0 Å². The Bertz CT molecular complexity index is 1060. The molecule has 12 heteroatoms. The van der Waals surface area contributed by atoms with Gasteiger partial charge in [0.2, 0.25) is 5.91 Å². The highest BCUT2D eigenvalue weighted by Crippen LogP contribution is 2.25. The molecule has 1 aliphatic rings. The molecule has 2 aromatic carbocycles. The minimum Gasteiger partial charge on any atom is -0.480 e. The van der Waals surface area contributed by atoms with Crippen LogP contribution < -0.4 is 10.6 Å². The molecule has 33 heavy (non-hydrogen) atoms. The second-order valence-corrected chi connectivity index (χ2v) is 7.93. The van der Waals surface area contributed by atoms with Gasteiger partial charge in [0, 0.05) is 12.1 Å². The maximum atomic E-state index is 12.5. The predicted molar refractivity (Wildman–Crippen MR) is 119 cm³/mol. The fourth-order valence-corrected chi connectivity index (χ4v) is 3.75. The van der Waals surface area contributed by atoms with Crippen LogP contribution in [0.2, 0.25) is 10.0 Å². The van der Waals surface area contributed by atoms with E-state index < -0.39 is 36.0 Å². The summed E-state index contributed by atoms with van der Waals surface area (Å²) in [5.41, 5.74) is 1.12. The number of rotatable bonds is 7. The Morgan fingerprint density at radius 2 is 1.70 bits per heavy atom. The van der Waals surface area contributed by atoms with Gasteiger partial charge in [-0.25, -0.2) is 9.59 Å². The van der Waals surface area contributed by atoms with Gasteiger partial charge in [-0.3, -0.25) is 14.5 Å². The zero-order valence-corrected chi connectivity index (χ0v) is 18.5. The number of hydrogen-bond acceptors (Lipinski definition) is 5. The Labute approximate surface area is 198 Å². The van der Waals surface area contributed by atoms with E-state index in [0.717, 1.165) is 4.90 Å². The average molecular weight is 496 g/mol. The molecule has 1 aliphatic heterocycles. The molecule has 0 aromatic heterocycles. The van der Waals surface area contributed by atoms with E-state index in [0.29, 0.717) is 11.3 Å². The first kappa shape index (κ1) is 24.3. The van der Waals surface area contributed by atoms with Gasteiger partial charge in [0.25, 0.3) is 5.91 Å². The topological polar surface area (TPSA) is 145 Å². The van der Waals surface area contributed by atoms with Crippen molar-refractivity contribution in [1.29, 1.82) is 0 Å². The van der Waals surface area contributed by atoms with Gasteiger partial charge in [0.15, 0.2) is 0 Å². The molecule has 1 heterocycles. The van der Waals surface area contributed by atoms with Crippen LogP contribution in [0, 0.1) is 0 Å². The molecule has 0 bridgehead atoms. The smallest absolute Gasteiger partial charge is 0.409 e. The quantitative estimate of drug-likeness (QED) is 0.461. The number of halogens is 2. The van der Waals surface area contributed by atoms with Crippen LogP contribution in [-0.2, 0) is 20.7 Å². The monoisotopic (exact) mass is 495 g/mol. The number of carbonyl (C=O) groups excluding carboxylic acids is 2. The lowest BCUT2D eigenvalue weighted by molar-refractivity contribution is -0.142. The third kappa shape index (κ3) is 5.92. The summed E-state index contributed by atoms with van der Waals surface area (Å²) in [6, 6.07) is 8.59. The SMILES string of the molecule is O=C(Nc1ccc(C[C@@H](NC(=O)[C@@H]2COCN2C(=O)O)C(=O)O)cc1)c1c(Cl)cccc1Cl. The lowest BCUT2D eigenvalue weighted by Gasteiger charge is -2.21. The molecular formula is C21H19Cl2N3O7. The molecule has 1 saturated heterocycles. The zero-order chi connectivity index (χ0) is 24.1. The zero-order valence-electron chi connectivity index (χ0n) is 17.0. The maximum Gasteiger partial charge on any atom is 0.409 e. The summed E-state index contributed by atoms with van der Waals surface area (Å²) in [6.07, 6.45) is -1.40. The molecule has 0 radical (unpaired) electrons. The van der Waals surface area contributed by atoms with Crippen molar-refractivity contribution in [2.45, 2.75) is 18.5 Å². The first-order valence-electron chi connectivity index (χ1n) is 9.62. The van der Waals surface area contributed by atoms with Crippen LogP contribution in [0.3, 0.4) is 0 Å². The van der Waals surface area contributed by atoms with E-state index in [-0.39, 0.29) is 35.4 Å². The molecule has 174 valence electrons. The van der Waals surface area contributed by atoms with Crippen molar-refractivity contribution in [2.24, 2.45) is 0 Å². The molecule has 2 aromatic rings. The Balaban J connectivity index is 1.64. The van der Waals surface area contributed by atoms with Crippen LogP contribution in [-0.4, -0.2) is 64.4 Å². The largest absolute Gasteiger partial charge is 0.480 e. The summed E-state index contributed by atoms with van der Waals surface area (Å²) in [5, 5.41) is 24.0. The Kier molecular flexibility index (Phi) is 7.75. The Morgan fingerprint density at radius 3 is 2.27 bits per heavy atom. The van der Waals surface area contributed by atoms with Crippen LogP contribution in [0.25, 0.3) is 0 Å². The summed E-state index contributed by atoms with van der Waals surface area (Å²) < 4.78 is 4.99. The van der Waals surface area contributed by atoms with Gasteiger partial charge >= 0.3 is 12.1 Å². The van der Waals surface area contributed by atoms with Gasteiger partial charge in [0.05, 0.1) is 22.2 Å². The van der Waals surface area contributed by atoms with E-state index in [9.17, 15) is 24.3 Å². The summed E-state index contributed by atoms with van der Waals surface area (Å²) in [4.78, 5) is 48.5. The van der Waals surface area contributed by atoms with Crippen LogP contribution in [0.4, 0.5) is 10.5 Å². The number of anilines is 1. The lowest BCUT2D eigenvalue weighted by Crippen LogP contribution is -2.52. The highest BCUT2D eigenvalue weighted by Gasteiger charge is 2.36. The normalized spacial score (nSPS) is 16.2. The third-order valence-electron chi connectivity index (χ3n) is 4.89. The standard InChI is InChI=1S/C21H19Cl2N3O7/c22-13-2-1-3-14(23)17(13)19(28)24-12-6-4-11(5-7-12)8-15(20(29)30)25-18(27)16-9-33-10-26(16)21(31)32/h1-7,15-16H,8-10H2,(H,24,28)(H,25,27)(H,29,30)(H,31,32)/t15-,16+/m1/s1. The van der Waals surface area contributed by atoms with Crippen LogP contribution >= 0.6 is 23.2 Å². The second kappa shape index (κ2) is 10.5. The number of nitrogens with zero attached hydrogens (tertiary/aromatic N) is 1. The van der Waals surface area contributed by atoms with Gasteiger partial charge in [-0.2, -0.15) is 0 Å². The van der Waals surface area contributed by atoms with Gasteiger partial charge in [-0.1, -0.05) is 41.4 Å². The molecule has 0 spiro atoms. The summed E-state index contributed by atoms with van der Waals surface area (Å²) >= 11 is 12.1. The molecule has 10 nitrogen and oxygen atoms in total. The molecule has 3 rings (SSSR count). The van der Waals surface area contributed by atoms with E-state index in [1.54, 1.807) is 42.5 Å². The summed E-state index contributed by atoms with van der Waals surface area (Å²) in [7, 11) is 0. The van der Waals surface area contributed by atoms with E-state index in [1.165, 1.54) is 0 Å². The third-order valence-corrected chi connectivity index (χ3v) is 5.52. The summed E-state index contributed by atoms with van der Waals surface area (Å²) in [6.45, 7) is -0.425. The molecular weight excluding hydrogens is 477 g/mol. The minimum absolute atomic E-state index is 0.0632. The first-order chi connectivity index (χ1) is 15.7. The van der Waals surface area contributed by atoms with Gasteiger partial charge in [-0.15, -0.1) is 0 Å². The van der Waals surface area contributed by atoms with Crippen molar-refractivity contribution >= 4 is 52.8 Å². The van der Waals surface area contributed by atoms with Crippen LogP contribution in [0.15, 0.2) is 42.5 Å². The van der Waals surface area contributed by atoms with Crippen molar-refractivity contribution in [3.8, 4) is 0 Å². The van der Waals surface area contributed by atoms with E-state index in [1.807, 2.05) is 0 Å². The van der Waals surface area contributed by atoms with Crippen molar-refractivity contribution < 1.29 is 34.1 Å². The number of aliphatic carboxylic acids is 1. The molecule has 0 aliphatic carbocycles. The molecule has 1 fully saturated rings. The minimum atomic E-state index is -1.34. The molecule has 0 unspecified atom stereocenters. The van der Waals surface area contributed by atoms with Crippen molar-refractivity contribution in [3.05, 3.63) is 63.6 Å².